The van der Waals surface area contributed by atoms with Crippen molar-refractivity contribution in [3.05, 3.63) is 60.7 Å². The predicted octanol–water partition coefficient (Wildman–Crippen LogP) is 5.91. The van der Waals surface area contributed by atoms with E-state index < -0.39 is 0 Å². The molecule has 1 heterocycles. The number of hydrogen-bond acceptors (Lipinski definition) is 3. The van der Waals surface area contributed by atoms with E-state index in [1.807, 2.05) is 24.3 Å². The Morgan fingerprint density at radius 1 is 0.600 bits per heavy atom. The lowest BCUT2D eigenvalue weighted by molar-refractivity contribution is 0.415. The number of rotatable bonds is 2. The van der Waals surface area contributed by atoms with E-state index in [1.54, 1.807) is 14.2 Å². The molecule has 0 amide bonds. The van der Waals surface area contributed by atoms with Crippen LogP contribution in [0.4, 0.5) is 0 Å². The molecule has 0 saturated carbocycles. The average molecular weight is 328 g/mol. The third-order valence-electron chi connectivity index (χ3n) is 4.85. The Morgan fingerprint density at radius 3 is 1.48 bits per heavy atom. The molecule has 3 heteroatoms. The number of fused-ring (bicyclic) bond motifs is 7. The topological polar surface area (TPSA) is 31.6 Å². The van der Waals surface area contributed by atoms with Gasteiger partial charge in [-0.2, -0.15) is 0 Å². The summed E-state index contributed by atoms with van der Waals surface area (Å²) in [6, 6.07) is 20.5. The quantitative estimate of drug-likeness (QED) is 0.404. The molecule has 1 aromatic heterocycles. The summed E-state index contributed by atoms with van der Waals surface area (Å²) >= 11 is 0. The molecule has 0 saturated heterocycles. The zero-order valence-corrected chi connectivity index (χ0v) is 14.0. The normalized spacial score (nSPS) is 11.6. The summed E-state index contributed by atoms with van der Waals surface area (Å²) in [6.07, 6.45) is 0. The Morgan fingerprint density at radius 2 is 1.04 bits per heavy atom. The molecule has 25 heavy (non-hydrogen) atoms. The van der Waals surface area contributed by atoms with Gasteiger partial charge in [-0.25, -0.2) is 0 Å². The van der Waals surface area contributed by atoms with Gasteiger partial charge in [-0.1, -0.05) is 24.3 Å². The molecule has 0 radical (unpaired) electrons. The molecule has 0 bridgehead atoms. The third kappa shape index (κ3) is 1.99. The van der Waals surface area contributed by atoms with Crippen molar-refractivity contribution in [2.24, 2.45) is 0 Å². The smallest absolute Gasteiger partial charge is 0.136 e. The van der Waals surface area contributed by atoms with Gasteiger partial charge in [0.2, 0.25) is 0 Å². The van der Waals surface area contributed by atoms with Crippen LogP contribution in [-0.2, 0) is 0 Å². The van der Waals surface area contributed by atoms with Gasteiger partial charge in [-0.3, -0.25) is 0 Å². The first-order valence-corrected chi connectivity index (χ1v) is 8.18. The maximum atomic E-state index is 6.13. The Kier molecular flexibility index (Phi) is 2.92. The van der Waals surface area contributed by atoms with Crippen molar-refractivity contribution in [1.82, 2.24) is 0 Å². The molecule has 0 spiro atoms. The lowest BCUT2D eigenvalue weighted by Gasteiger charge is -2.06. The average Bonchev–Trinajstić information content (AvgIpc) is 3.06. The first kappa shape index (κ1) is 14.2. The van der Waals surface area contributed by atoms with Crippen molar-refractivity contribution in [3.63, 3.8) is 0 Å². The summed E-state index contributed by atoms with van der Waals surface area (Å²) in [7, 11) is 3.38. The summed E-state index contributed by atoms with van der Waals surface area (Å²) in [5, 5.41) is 6.82. The van der Waals surface area contributed by atoms with Crippen LogP contribution in [0.5, 0.6) is 11.5 Å². The molecule has 122 valence electrons. The second-order valence-electron chi connectivity index (χ2n) is 6.15. The molecule has 5 rings (SSSR count). The van der Waals surface area contributed by atoms with Crippen molar-refractivity contribution < 1.29 is 13.9 Å². The molecule has 3 nitrogen and oxygen atoms in total. The zero-order chi connectivity index (χ0) is 17.0. The van der Waals surface area contributed by atoms with E-state index in [0.29, 0.717) is 0 Å². The van der Waals surface area contributed by atoms with Crippen LogP contribution < -0.4 is 9.47 Å². The predicted molar refractivity (Wildman–Crippen MR) is 102 cm³/mol. The molecular formula is C22H16O3. The van der Waals surface area contributed by atoms with Gasteiger partial charge in [0.1, 0.15) is 22.7 Å². The molecular weight excluding hydrogens is 312 g/mol. The van der Waals surface area contributed by atoms with Crippen LogP contribution >= 0.6 is 0 Å². The van der Waals surface area contributed by atoms with Crippen LogP contribution in [0.25, 0.3) is 43.5 Å². The summed E-state index contributed by atoms with van der Waals surface area (Å²) < 4.78 is 17.0. The van der Waals surface area contributed by atoms with Crippen molar-refractivity contribution >= 4 is 43.5 Å². The maximum absolute atomic E-state index is 6.13. The van der Waals surface area contributed by atoms with Gasteiger partial charge in [0, 0.05) is 10.8 Å². The molecule has 0 fully saturated rings. The van der Waals surface area contributed by atoms with Gasteiger partial charge in [0.15, 0.2) is 0 Å². The van der Waals surface area contributed by atoms with Crippen LogP contribution in [0.2, 0.25) is 0 Å². The van der Waals surface area contributed by atoms with Crippen LogP contribution in [0.1, 0.15) is 0 Å². The minimum atomic E-state index is 0.840. The lowest BCUT2D eigenvalue weighted by Crippen LogP contribution is -1.84. The molecule has 0 atom stereocenters. The first-order valence-electron chi connectivity index (χ1n) is 8.18. The number of furan rings is 1. The van der Waals surface area contributed by atoms with E-state index in [2.05, 4.69) is 36.4 Å². The summed E-state index contributed by atoms with van der Waals surface area (Å²) in [4.78, 5) is 0. The van der Waals surface area contributed by atoms with Crippen molar-refractivity contribution in [1.29, 1.82) is 0 Å². The molecule has 0 aliphatic rings. The fraction of sp³-hybridized carbons (Fsp3) is 0.0909. The highest BCUT2D eigenvalue weighted by Crippen LogP contribution is 2.40. The molecule has 0 unspecified atom stereocenters. The zero-order valence-electron chi connectivity index (χ0n) is 14.0. The Labute approximate surface area is 144 Å². The molecule has 0 N–H and O–H groups in total. The minimum absolute atomic E-state index is 0.840. The van der Waals surface area contributed by atoms with Gasteiger partial charge in [0.25, 0.3) is 0 Å². The second kappa shape index (κ2) is 5.15. The van der Waals surface area contributed by atoms with Crippen molar-refractivity contribution in [2.45, 2.75) is 0 Å². The van der Waals surface area contributed by atoms with Crippen LogP contribution in [-0.4, -0.2) is 14.2 Å². The first-order chi connectivity index (χ1) is 12.3. The number of ether oxygens (including phenoxy) is 2. The highest BCUT2D eigenvalue weighted by molar-refractivity contribution is 6.26. The largest absolute Gasteiger partial charge is 0.497 e. The number of methoxy groups -OCH3 is 2. The summed E-state index contributed by atoms with van der Waals surface area (Å²) in [6.45, 7) is 0. The maximum Gasteiger partial charge on any atom is 0.136 e. The van der Waals surface area contributed by atoms with E-state index in [0.717, 1.165) is 55.0 Å². The van der Waals surface area contributed by atoms with Crippen molar-refractivity contribution in [3.8, 4) is 11.5 Å². The third-order valence-corrected chi connectivity index (χ3v) is 4.85. The van der Waals surface area contributed by atoms with Crippen LogP contribution in [0.3, 0.4) is 0 Å². The van der Waals surface area contributed by atoms with Gasteiger partial charge in [0.05, 0.1) is 14.2 Å². The van der Waals surface area contributed by atoms with E-state index >= 15 is 0 Å². The summed E-state index contributed by atoms with van der Waals surface area (Å²) in [5.74, 6) is 1.68. The fourth-order valence-electron chi connectivity index (χ4n) is 3.62. The van der Waals surface area contributed by atoms with Crippen molar-refractivity contribution in [2.75, 3.05) is 14.2 Å². The lowest BCUT2D eigenvalue weighted by atomic mass is 9.99. The van der Waals surface area contributed by atoms with Gasteiger partial charge in [-0.05, 0) is 57.9 Å². The number of hydrogen-bond donors (Lipinski definition) is 0. The SMILES string of the molecule is COc1ccc2ccc3oc4ccc5ccc(OC)cc5c4c3c2c1. The second-order valence-corrected chi connectivity index (χ2v) is 6.15. The van der Waals surface area contributed by atoms with E-state index in [9.17, 15) is 0 Å². The Hall–Kier alpha value is -3.20. The van der Waals surface area contributed by atoms with Gasteiger partial charge >= 0.3 is 0 Å². The Bertz CT molecular complexity index is 1170. The van der Waals surface area contributed by atoms with Gasteiger partial charge in [-0.15, -0.1) is 0 Å². The highest BCUT2D eigenvalue weighted by Gasteiger charge is 2.14. The monoisotopic (exact) mass is 328 g/mol. The minimum Gasteiger partial charge on any atom is -0.497 e. The molecule has 4 aromatic carbocycles. The molecule has 0 aliphatic heterocycles. The molecule has 0 aliphatic carbocycles. The van der Waals surface area contributed by atoms with Crippen LogP contribution in [0.15, 0.2) is 65.1 Å². The van der Waals surface area contributed by atoms with E-state index in [-0.39, 0.29) is 0 Å². The fourth-order valence-corrected chi connectivity index (χ4v) is 3.62. The van der Waals surface area contributed by atoms with E-state index in [1.165, 1.54) is 0 Å². The molecule has 5 aromatic rings. The summed E-state index contributed by atoms with van der Waals surface area (Å²) in [5.41, 5.74) is 1.76. The van der Waals surface area contributed by atoms with Crippen LogP contribution in [0, 0.1) is 0 Å². The standard InChI is InChI=1S/C22H16O3/c1-23-15-7-3-13-5-9-19-21(17(13)11-15)22-18-12-16(24-2)8-4-14(18)6-10-20(22)25-19/h3-12H,1-2H3. The number of benzene rings is 4. The highest BCUT2D eigenvalue weighted by atomic mass is 16.5. The van der Waals surface area contributed by atoms with Gasteiger partial charge < -0.3 is 13.9 Å². The Balaban J connectivity index is 2.05. The van der Waals surface area contributed by atoms with E-state index in [4.69, 9.17) is 13.9 Å².